The van der Waals surface area contributed by atoms with Crippen molar-refractivity contribution in [3.8, 4) is 0 Å². The fourth-order valence-electron chi connectivity index (χ4n) is 3.77. The van der Waals surface area contributed by atoms with Gasteiger partial charge in [0.05, 0.1) is 0 Å². The number of rotatable bonds is 5. The average Bonchev–Trinajstić information content (AvgIpc) is 2.95. The monoisotopic (exact) mass is 287 g/mol. The SMILES string of the molecule is CCN1CCCC(NC2CCN(Cc3ccccc3)C2)C1. The van der Waals surface area contributed by atoms with E-state index in [0.717, 1.165) is 6.54 Å². The molecular formula is C18H29N3. The fraction of sp³-hybridized carbons (Fsp3) is 0.667. The van der Waals surface area contributed by atoms with E-state index in [0.29, 0.717) is 12.1 Å². The Kier molecular flexibility index (Phi) is 5.28. The van der Waals surface area contributed by atoms with Crippen LogP contribution in [0.4, 0.5) is 0 Å². The Morgan fingerprint density at radius 3 is 2.57 bits per heavy atom. The molecule has 2 aliphatic heterocycles. The van der Waals surface area contributed by atoms with Crippen LogP contribution >= 0.6 is 0 Å². The fourth-order valence-corrected chi connectivity index (χ4v) is 3.77. The minimum absolute atomic E-state index is 0.690. The molecule has 0 aliphatic carbocycles. The van der Waals surface area contributed by atoms with Crippen molar-refractivity contribution in [3.05, 3.63) is 35.9 Å². The highest BCUT2D eigenvalue weighted by Crippen LogP contribution is 2.16. The van der Waals surface area contributed by atoms with Gasteiger partial charge >= 0.3 is 0 Å². The second kappa shape index (κ2) is 7.39. The first-order chi connectivity index (χ1) is 10.3. The van der Waals surface area contributed by atoms with Crippen molar-refractivity contribution in [2.75, 3.05) is 32.7 Å². The van der Waals surface area contributed by atoms with E-state index in [9.17, 15) is 0 Å². The topological polar surface area (TPSA) is 18.5 Å². The van der Waals surface area contributed by atoms with Crippen LogP contribution in [0.2, 0.25) is 0 Å². The maximum atomic E-state index is 3.91. The van der Waals surface area contributed by atoms with Gasteiger partial charge in [-0.1, -0.05) is 37.3 Å². The summed E-state index contributed by atoms with van der Waals surface area (Å²) in [6, 6.07) is 12.3. The molecule has 2 saturated heterocycles. The third-order valence-electron chi connectivity index (χ3n) is 4.95. The Hall–Kier alpha value is -0.900. The van der Waals surface area contributed by atoms with E-state index in [2.05, 4.69) is 52.4 Å². The van der Waals surface area contributed by atoms with Gasteiger partial charge in [-0.15, -0.1) is 0 Å². The summed E-state index contributed by atoms with van der Waals surface area (Å²) in [4.78, 5) is 5.17. The second-order valence-corrected chi connectivity index (χ2v) is 6.61. The number of hydrogen-bond acceptors (Lipinski definition) is 3. The summed E-state index contributed by atoms with van der Waals surface area (Å²) in [6.07, 6.45) is 4.01. The Labute approximate surface area is 129 Å². The molecule has 1 N–H and O–H groups in total. The standard InChI is InChI=1S/C18H29N3/c1-2-20-11-6-9-17(14-20)19-18-10-12-21(15-18)13-16-7-4-3-5-8-16/h3-5,7-8,17-19H,2,6,9-15H2,1H3. The van der Waals surface area contributed by atoms with E-state index < -0.39 is 0 Å². The zero-order valence-corrected chi connectivity index (χ0v) is 13.3. The molecule has 0 spiro atoms. The first kappa shape index (κ1) is 15.0. The quantitative estimate of drug-likeness (QED) is 0.897. The lowest BCUT2D eigenvalue weighted by atomic mass is 10.0. The van der Waals surface area contributed by atoms with Gasteiger partial charge in [0.15, 0.2) is 0 Å². The summed E-state index contributed by atoms with van der Waals surface area (Å²) >= 11 is 0. The minimum Gasteiger partial charge on any atom is -0.309 e. The average molecular weight is 287 g/mol. The van der Waals surface area contributed by atoms with Crippen LogP contribution in [0, 0.1) is 0 Å². The van der Waals surface area contributed by atoms with Crippen molar-refractivity contribution < 1.29 is 0 Å². The molecule has 116 valence electrons. The van der Waals surface area contributed by atoms with Gasteiger partial charge in [0.2, 0.25) is 0 Å². The molecule has 2 heterocycles. The third-order valence-corrected chi connectivity index (χ3v) is 4.95. The lowest BCUT2D eigenvalue weighted by molar-refractivity contribution is 0.189. The first-order valence-corrected chi connectivity index (χ1v) is 8.58. The highest BCUT2D eigenvalue weighted by atomic mass is 15.2. The largest absolute Gasteiger partial charge is 0.309 e. The highest BCUT2D eigenvalue weighted by molar-refractivity contribution is 5.14. The zero-order valence-electron chi connectivity index (χ0n) is 13.3. The molecule has 2 atom stereocenters. The molecule has 0 bridgehead atoms. The van der Waals surface area contributed by atoms with Crippen LogP contribution in [0.5, 0.6) is 0 Å². The Morgan fingerprint density at radius 1 is 1.00 bits per heavy atom. The molecule has 2 fully saturated rings. The molecule has 0 saturated carbocycles. The molecule has 2 unspecified atom stereocenters. The molecule has 1 aromatic rings. The zero-order chi connectivity index (χ0) is 14.5. The molecule has 3 rings (SSSR count). The molecule has 2 aliphatic rings. The number of benzene rings is 1. The van der Waals surface area contributed by atoms with Gasteiger partial charge in [0.25, 0.3) is 0 Å². The third kappa shape index (κ3) is 4.29. The molecule has 0 radical (unpaired) electrons. The summed E-state index contributed by atoms with van der Waals surface area (Å²) in [5, 5.41) is 3.91. The molecule has 1 aromatic carbocycles. The van der Waals surface area contributed by atoms with Crippen LogP contribution in [-0.4, -0.2) is 54.6 Å². The maximum Gasteiger partial charge on any atom is 0.0234 e. The summed E-state index contributed by atoms with van der Waals surface area (Å²) in [7, 11) is 0. The molecule has 0 aromatic heterocycles. The van der Waals surface area contributed by atoms with Crippen LogP contribution in [0.15, 0.2) is 30.3 Å². The second-order valence-electron chi connectivity index (χ2n) is 6.61. The first-order valence-electron chi connectivity index (χ1n) is 8.58. The van der Waals surface area contributed by atoms with Gasteiger partial charge in [-0.25, -0.2) is 0 Å². The van der Waals surface area contributed by atoms with Crippen LogP contribution in [0.3, 0.4) is 0 Å². The Morgan fingerprint density at radius 2 is 1.76 bits per heavy atom. The van der Waals surface area contributed by atoms with Crippen LogP contribution < -0.4 is 5.32 Å². The van der Waals surface area contributed by atoms with E-state index in [4.69, 9.17) is 0 Å². The summed E-state index contributed by atoms with van der Waals surface area (Å²) in [6.45, 7) is 9.55. The van der Waals surface area contributed by atoms with Gasteiger partial charge in [-0.05, 0) is 37.9 Å². The normalized spacial score (nSPS) is 28.0. The number of piperidine rings is 1. The van der Waals surface area contributed by atoms with E-state index in [1.54, 1.807) is 0 Å². The number of nitrogens with one attached hydrogen (secondary N) is 1. The lowest BCUT2D eigenvalue weighted by Gasteiger charge is -2.34. The summed E-state index contributed by atoms with van der Waals surface area (Å²) in [5.74, 6) is 0. The van der Waals surface area contributed by atoms with Crippen molar-refractivity contribution in [2.45, 2.75) is 44.8 Å². The summed E-state index contributed by atoms with van der Waals surface area (Å²) < 4.78 is 0. The van der Waals surface area contributed by atoms with Crippen molar-refractivity contribution >= 4 is 0 Å². The maximum absolute atomic E-state index is 3.91. The minimum atomic E-state index is 0.690. The van der Waals surface area contributed by atoms with Crippen molar-refractivity contribution in [1.82, 2.24) is 15.1 Å². The Balaban J connectivity index is 1.44. The number of nitrogens with zero attached hydrogens (tertiary/aromatic N) is 2. The number of likely N-dealkylation sites (N-methyl/N-ethyl adjacent to an activating group) is 1. The molecule has 0 amide bonds. The van der Waals surface area contributed by atoms with Gasteiger partial charge in [-0.3, -0.25) is 4.90 Å². The predicted molar refractivity (Wildman–Crippen MR) is 88.4 cm³/mol. The van der Waals surface area contributed by atoms with Crippen LogP contribution in [0.25, 0.3) is 0 Å². The van der Waals surface area contributed by atoms with Crippen LogP contribution in [-0.2, 0) is 6.54 Å². The molecule has 3 nitrogen and oxygen atoms in total. The van der Waals surface area contributed by atoms with Gasteiger partial charge < -0.3 is 10.2 Å². The van der Waals surface area contributed by atoms with Crippen molar-refractivity contribution in [3.63, 3.8) is 0 Å². The predicted octanol–water partition coefficient (Wildman–Crippen LogP) is 2.33. The molecule has 3 heteroatoms. The van der Waals surface area contributed by atoms with E-state index >= 15 is 0 Å². The van der Waals surface area contributed by atoms with E-state index in [1.165, 1.54) is 57.5 Å². The Bertz CT molecular complexity index is 420. The smallest absolute Gasteiger partial charge is 0.0234 e. The van der Waals surface area contributed by atoms with E-state index in [-0.39, 0.29) is 0 Å². The van der Waals surface area contributed by atoms with Gasteiger partial charge in [-0.2, -0.15) is 0 Å². The van der Waals surface area contributed by atoms with Gasteiger partial charge in [0, 0.05) is 38.3 Å². The highest BCUT2D eigenvalue weighted by Gasteiger charge is 2.26. The van der Waals surface area contributed by atoms with Gasteiger partial charge in [0.1, 0.15) is 0 Å². The summed E-state index contributed by atoms with van der Waals surface area (Å²) in [5.41, 5.74) is 1.44. The number of hydrogen-bond donors (Lipinski definition) is 1. The van der Waals surface area contributed by atoms with Crippen molar-refractivity contribution in [2.24, 2.45) is 0 Å². The van der Waals surface area contributed by atoms with Crippen LogP contribution in [0.1, 0.15) is 31.7 Å². The number of likely N-dealkylation sites (tertiary alicyclic amines) is 2. The molecule has 21 heavy (non-hydrogen) atoms. The molecular weight excluding hydrogens is 258 g/mol. The van der Waals surface area contributed by atoms with E-state index in [1.807, 2.05) is 0 Å². The van der Waals surface area contributed by atoms with Crippen molar-refractivity contribution in [1.29, 1.82) is 0 Å². The lowest BCUT2D eigenvalue weighted by Crippen LogP contribution is -2.49.